The molecule has 4 unspecified atom stereocenters. The number of thiocarbonyl (C=S) groups is 1. The summed E-state index contributed by atoms with van der Waals surface area (Å²) in [5.41, 5.74) is 8.21. The van der Waals surface area contributed by atoms with Crippen molar-refractivity contribution in [3.8, 4) is 0 Å². The summed E-state index contributed by atoms with van der Waals surface area (Å²) in [4.78, 5) is 3.45. The maximum absolute atomic E-state index is 6.26. The van der Waals surface area contributed by atoms with E-state index in [0.717, 1.165) is 11.5 Å². The Morgan fingerprint density at radius 2 is 2.05 bits per heavy atom. The largest absolute Gasteiger partial charge is 0.393 e. The molecule has 0 amide bonds. The normalized spacial score (nSPS) is 41.4. The lowest BCUT2D eigenvalue weighted by Gasteiger charge is -2.52. The minimum Gasteiger partial charge on any atom is -0.393 e. The number of rotatable bonds is 3. The predicted octanol–water partition coefficient (Wildman–Crippen LogP) is 3.10. The van der Waals surface area contributed by atoms with Gasteiger partial charge >= 0.3 is 0 Å². The summed E-state index contributed by atoms with van der Waals surface area (Å²) in [5, 5.41) is 0. The van der Waals surface area contributed by atoms with E-state index >= 15 is 0 Å². The Morgan fingerprint density at radius 1 is 1.29 bits per heavy atom. The number of likely N-dealkylation sites (tertiary alicyclic amines) is 1. The number of hydrogen-bond donors (Lipinski definition) is 1. The van der Waals surface area contributed by atoms with Crippen LogP contribution in [0.4, 0.5) is 0 Å². The van der Waals surface area contributed by atoms with E-state index in [1.54, 1.807) is 0 Å². The summed E-state index contributed by atoms with van der Waals surface area (Å²) in [5.74, 6) is 0.647. The molecule has 3 bridgehead atoms. The second kappa shape index (κ2) is 4.53. The van der Waals surface area contributed by atoms with Gasteiger partial charge in [0, 0.05) is 18.0 Å². The van der Waals surface area contributed by atoms with E-state index in [4.69, 9.17) is 18.0 Å². The van der Waals surface area contributed by atoms with Gasteiger partial charge < -0.3 is 10.6 Å². The predicted molar refractivity (Wildman–Crippen MR) is 90.3 cm³/mol. The first-order valence-corrected chi connectivity index (χ1v) is 8.60. The Morgan fingerprint density at radius 3 is 2.71 bits per heavy atom. The van der Waals surface area contributed by atoms with Crippen molar-refractivity contribution in [2.45, 2.75) is 44.1 Å². The summed E-state index contributed by atoms with van der Waals surface area (Å²) >= 11 is 5.55. The Bertz CT molecular complexity index is 572. The molecule has 0 radical (unpaired) electrons. The third-order valence-corrected chi connectivity index (χ3v) is 6.96. The molecule has 3 heteroatoms. The SMILES string of the molecule is CCN1CC2CC3(c4ccccc4)CC1CC2(C(N)=S)C3. The fourth-order valence-electron chi connectivity index (χ4n) is 5.66. The van der Waals surface area contributed by atoms with E-state index in [1.165, 1.54) is 37.8 Å². The average Bonchev–Trinajstić information content (AvgIpc) is 2.66. The molecule has 112 valence electrons. The molecule has 21 heavy (non-hydrogen) atoms. The highest BCUT2D eigenvalue weighted by Gasteiger charge is 2.64. The van der Waals surface area contributed by atoms with Gasteiger partial charge in [0.05, 0.1) is 4.99 Å². The van der Waals surface area contributed by atoms with Gasteiger partial charge in [0.1, 0.15) is 0 Å². The maximum atomic E-state index is 6.26. The maximum Gasteiger partial charge on any atom is 0.0794 e. The second-order valence-electron chi connectivity index (χ2n) is 7.39. The molecule has 1 saturated heterocycles. The van der Waals surface area contributed by atoms with Crippen LogP contribution in [0.5, 0.6) is 0 Å². The van der Waals surface area contributed by atoms with Crippen molar-refractivity contribution in [3.63, 3.8) is 0 Å². The minimum absolute atomic E-state index is 0.125. The highest BCUT2D eigenvalue weighted by atomic mass is 32.1. The molecule has 4 rings (SSSR count). The van der Waals surface area contributed by atoms with E-state index in [1.807, 2.05) is 0 Å². The fraction of sp³-hybridized carbons (Fsp3) is 0.611. The van der Waals surface area contributed by atoms with Crippen LogP contribution >= 0.6 is 12.2 Å². The molecule has 3 fully saturated rings. The van der Waals surface area contributed by atoms with Gasteiger partial charge in [0.15, 0.2) is 0 Å². The summed E-state index contributed by atoms with van der Waals surface area (Å²) in [6.45, 7) is 4.63. The summed E-state index contributed by atoms with van der Waals surface area (Å²) < 4.78 is 0. The van der Waals surface area contributed by atoms with Crippen LogP contribution in [0.25, 0.3) is 0 Å². The monoisotopic (exact) mass is 300 g/mol. The van der Waals surface area contributed by atoms with Gasteiger partial charge in [-0.15, -0.1) is 0 Å². The first-order chi connectivity index (χ1) is 10.1. The van der Waals surface area contributed by atoms with Gasteiger partial charge in [-0.05, 0) is 49.1 Å². The van der Waals surface area contributed by atoms with Gasteiger partial charge in [0.25, 0.3) is 0 Å². The number of piperidine rings is 1. The van der Waals surface area contributed by atoms with Crippen molar-refractivity contribution in [2.75, 3.05) is 13.1 Å². The van der Waals surface area contributed by atoms with Crippen LogP contribution in [0, 0.1) is 11.3 Å². The quantitative estimate of drug-likeness (QED) is 0.870. The zero-order valence-corrected chi connectivity index (χ0v) is 13.5. The average molecular weight is 300 g/mol. The zero-order valence-electron chi connectivity index (χ0n) is 12.7. The standard InChI is InChI=1S/C18H24N2S/c1-2-20-11-14-8-17(13-6-4-3-5-7-13)9-15(20)10-18(14,12-17)16(19)21/h3-7,14-15H,2,8-12H2,1H3,(H2,19,21). The third kappa shape index (κ3) is 1.77. The number of fused-ring (bicyclic) bond motifs is 2. The Kier molecular flexibility index (Phi) is 2.96. The van der Waals surface area contributed by atoms with Crippen molar-refractivity contribution in [1.82, 2.24) is 4.90 Å². The van der Waals surface area contributed by atoms with Gasteiger partial charge in [-0.25, -0.2) is 0 Å². The lowest BCUT2D eigenvalue weighted by atomic mass is 9.61. The van der Waals surface area contributed by atoms with Crippen molar-refractivity contribution in [1.29, 1.82) is 0 Å². The second-order valence-corrected chi connectivity index (χ2v) is 7.83. The van der Waals surface area contributed by atoms with Crippen molar-refractivity contribution in [3.05, 3.63) is 35.9 Å². The Balaban J connectivity index is 1.81. The van der Waals surface area contributed by atoms with E-state index in [0.29, 0.717) is 17.4 Å². The molecule has 2 saturated carbocycles. The molecule has 2 N–H and O–H groups in total. The number of nitrogens with zero attached hydrogens (tertiary/aromatic N) is 1. The van der Waals surface area contributed by atoms with Crippen LogP contribution in [0.1, 0.15) is 38.2 Å². The molecule has 0 aromatic heterocycles. The molecule has 2 nitrogen and oxygen atoms in total. The van der Waals surface area contributed by atoms with Gasteiger partial charge in [-0.1, -0.05) is 49.5 Å². The molecule has 3 aliphatic rings. The van der Waals surface area contributed by atoms with Crippen LogP contribution in [0.15, 0.2) is 30.3 Å². The molecule has 1 aromatic carbocycles. The van der Waals surface area contributed by atoms with Crippen LogP contribution < -0.4 is 5.73 Å². The topological polar surface area (TPSA) is 29.3 Å². The molecule has 4 atom stereocenters. The highest BCUT2D eigenvalue weighted by molar-refractivity contribution is 7.80. The highest BCUT2D eigenvalue weighted by Crippen LogP contribution is 2.65. The van der Waals surface area contributed by atoms with E-state index in [2.05, 4.69) is 42.2 Å². The van der Waals surface area contributed by atoms with Crippen LogP contribution in [-0.2, 0) is 5.41 Å². The van der Waals surface area contributed by atoms with Gasteiger partial charge in [-0.2, -0.15) is 0 Å². The Labute approximate surface area is 132 Å². The van der Waals surface area contributed by atoms with Gasteiger partial charge in [-0.3, -0.25) is 0 Å². The number of hydrogen-bond acceptors (Lipinski definition) is 2. The van der Waals surface area contributed by atoms with Crippen molar-refractivity contribution in [2.24, 2.45) is 17.1 Å². The molecule has 0 spiro atoms. The van der Waals surface area contributed by atoms with Crippen LogP contribution in [-0.4, -0.2) is 29.0 Å². The first-order valence-electron chi connectivity index (χ1n) is 8.19. The minimum atomic E-state index is 0.125. The van der Waals surface area contributed by atoms with Crippen molar-refractivity contribution >= 4 is 17.2 Å². The summed E-state index contributed by atoms with van der Waals surface area (Å²) in [7, 11) is 0. The number of benzene rings is 1. The molecule has 1 aromatic rings. The molecule has 1 heterocycles. The lowest BCUT2D eigenvalue weighted by molar-refractivity contribution is 0.0323. The van der Waals surface area contributed by atoms with E-state index < -0.39 is 0 Å². The summed E-state index contributed by atoms with van der Waals surface area (Å²) in [6.07, 6.45) is 4.92. The lowest BCUT2D eigenvalue weighted by Crippen LogP contribution is -2.57. The van der Waals surface area contributed by atoms with E-state index in [9.17, 15) is 0 Å². The first kappa shape index (κ1) is 13.7. The molecule has 1 aliphatic heterocycles. The summed E-state index contributed by atoms with van der Waals surface area (Å²) in [6, 6.07) is 11.8. The molecular formula is C18H24N2S. The van der Waals surface area contributed by atoms with E-state index in [-0.39, 0.29) is 5.41 Å². The fourth-order valence-corrected chi connectivity index (χ4v) is 5.98. The van der Waals surface area contributed by atoms with Crippen LogP contribution in [0.2, 0.25) is 0 Å². The molecular weight excluding hydrogens is 276 g/mol. The zero-order chi connectivity index (χ0) is 14.7. The van der Waals surface area contributed by atoms with Crippen LogP contribution in [0.3, 0.4) is 0 Å². The molecule has 2 aliphatic carbocycles. The Hall–Kier alpha value is -0.930. The van der Waals surface area contributed by atoms with Gasteiger partial charge in [0.2, 0.25) is 0 Å². The third-order valence-electron chi connectivity index (χ3n) is 6.55. The number of nitrogens with two attached hydrogens (primary N) is 1. The smallest absolute Gasteiger partial charge is 0.0794 e. The van der Waals surface area contributed by atoms with Crippen molar-refractivity contribution < 1.29 is 0 Å².